The van der Waals surface area contributed by atoms with Crippen molar-refractivity contribution in [3.05, 3.63) is 70.5 Å². The Morgan fingerprint density at radius 1 is 1.30 bits per heavy atom. The van der Waals surface area contributed by atoms with Gasteiger partial charge in [0.2, 0.25) is 0 Å². The van der Waals surface area contributed by atoms with Crippen LogP contribution in [0.2, 0.25) is 0 Å². The molecule has 1 atom stereocenters. The number of nitrogens with one attached hydrogen (secondary N) is 1. The fourth-order valence-corrected chi connectivity index (χ4v) is 3.45. The fraction of sp³-hybridized carbons (Fsp3) is 0.316. The molecule has 0 bridgehead atoms. The van der Waals surface area contributed by atoms with Crippen molar-refractivity contribution in [1.82, 2.24) is 19.8 Å². The number of imidazole rings is 1. The number of benzene rings is 1. The Morgan fingerprint density at radius 2 is 2.11 bits per heavy atom. The van der Waals surface area contributed by atoms with E-state index in [0.29, 0.717) is 12.3 Å². The molecular weight excluding hydrogens is 346 g/mol. The van der Waals surface area contributed by atoms with Crippen molar-refractivity contribution in [3.63, 3.8) is 0 Å². The lowest BCUT2D eigenvalue weighted by molar-refractivity contribution is -0.384. The van der Waals surface area contributed by atoms with Crippen molar-refractivity contribution in [2.45, 2.75) is 12.6 Å². The monoisotopic (exact) mass is 367 g/mol. The molecule has 1 aliphatic heterocycles. The summed E-state index contributed by atoms with van der Waals surface area (Å²) >= 11 is 0. The van der Waals surface area contributed by atoms with Crippen molar-refractivity contribution < 1.29 is 9.34 Å². The number of aromatic nitrogens is 2. The van der Waals surface area contributed by atoms with E-state index in [1.165, 1.54) is 12.1 Å². The van der Waals surface area contributed by atoms with Crippen LogP contribution >= 0.6 is 0 Å². The highest BCUT2D eigenvalue weighted by Crippen LogP contribution is 2.27. The predicted octanol–water partition coefficient (Wildman–Crippen LogP) is 2.73. The zero-order valence-corrected chi connectivity index (χ0v) is 15.0. The molecule has 3 aromatic rings. The fourth-order valence-electron chi connectivity index (χ4n) is 3.45. The van der Waals surface area contributed by atoms with Gasteiger partial charge in [0.05, 0.1) is 17.5 Å². The molecule has 1 aromatic carbocycles. The van der Waals surface area contributed by atoms with E-state index in [2.05, 4.69) is 19.8 Å². The Morgan fingerprint density at radius 3 is 2.81 bits per heavy atom. The lowest BCUT2D eigenvalue weighted by atomic mass is 10.1. The second-order valence-electron chi connectivity index (χ2n) is 6.66. The number of nitro benzene ring substituents is 1. The summed E-state index contributed by atoms with van der Waals surface area (Å²) in [7, 11) is 2.01. The van der Waals surface area contributed by atoms with E-state index in [4.69, 9.17) is 4.42 Å². The molecule has 4 rings (SSSR count). The van der Waals surface area contributed by atoms with E-state index >= 15 is 0 Å². The van der Waals surface area contributed by atoms with Gasteiger partial charge in [0.1, 0.15) is 17.3 Å². The Balaban J connectivity index is 1.51. The normalized spacial score (nSPS) is 17.9. The molecule has 0 saturated carbocycles. The molecule has 0 radical (unpaired) electrons. The lowest BCUT2D eigenvalue weighted by Crippen LogP contribution is -2.46. The average molecular weight is 367 g/mol. The van der Waals surface area contributed by atoms with Gasteiger partial charge >= 0.3 is 0 Å². The van der Waals surface area contributed by atoms with Gasteiger partial charge in [-0.05, 0) is 24.3 Å². The molecule has 8 heteroatoms. The molecular formula is C19H21N5O3. The number of rotatable bonds is 5. The number of aryl methyl sites for hydroxylation is 1. The predicted molar refractivity (Wildman–Crippen MR) is 100 cm³/mol. The summed E-state index contributed by atoms with van der Waals surface area (Å²) in [5.41, 5.74) is 0.900. The minimum absolute atomic E-state index is 0.0734. The first-order valence-electron chi connectivity index (χ1n) is 8.87. The molecule has 0 aliphatic carbocycles. The number of hydrogen-bond donors (Lipinski definition) is 1. The van der Waals surface area contributed by atoms with Crippen LogP contribution in [-0.4, -0.2) is 39.0 Å². The number of hydrogen-bond acceptors (Lipinski definition) is 6. The highest BCUT2D eigenvalue weighted by Gasteiger charge is 2.27. The van der Waals surface area contributed by atoms with E-state index in [-0.39, 0.29) is 11.7 Å². The van der Waals surface area contributed by atoms with Crippen LogP contribution in [0.25, 0.3) is 11.3 Å². The van der Waals surface area contributed by atoms with Crippen molar-refractivity contribution in [2.24, 2.45) is 7.05 Å². The van der Waals surface area contributed by atoms with Crippen LogP contribution in [0.5, 0.6) is 0 Å². The minimum Gasteiger partial charge on any atom is -0.460 e. The quantitative estimate of drug-likeness (QED) is 0.551. The molecule has 8 nitrogen and oxygen atoms in total. The van der Waals surface area contributed by atoms with Crippen molar-refractivity contribution in [1.29, 1.82) is 0 Å². The van der Waals surface area contributed by atoms with Crippen molar-refractivity contribution in [2.75, 3.05) is 19.6 Å². The Kier molecular flexibility index (Phi) is 4.74. The topological polar surface area (TPSA) is 89.4 Å². The Hall–Kier alpha value is -2.97. The molecule has 1 aliphatic rings. The van der Waals surface area contributed by atoms with Gasteiger partial charge in [-0.15, -0.1) is 0 Å². The molecule has 27 heavy (non-hydrogen) atoms. The molecule has 0 spiro atoms. The van der Waals surface area contributed by atoms with Crippen LogP contribution in [0.3, 0.4) is 0 Å². The first kappa shape index (κ1) is 17.4. The maximum absolute atomic E-state index is 10.8. The first-order valence-corrected chi connectivity index (χ1v) is 8.87. The highest BCUT2D eigenvalue weighted by atomic mass is 16.6. The Labute approximate surface area is 156 Å². The zero-order valence-electron chi connectivity index (χ0n) is 15.0. The second-order valence-corrected chi connectivity index (χ2v) is 6.66. The summed E-state index contributed by atoms with van der Waals surface area (Å²) < 4.78 is 8.06. The number of nitro groups is 1. The van der Waals surface area contributed by atoms with Gasteiger partial charge in [0.15, 0.2) is 0 Å². The van der Waals surface area contributed by atoms with Crippen LogP contribution in [0, 0.1) is 10.1 Å². The Bertz CT molecular complexity index is 931. The summed E-state index contributed by atoms with van der Waals surface area (Å²) in [6.07, 6.45) is 3.78. The summed E-state index contributed by atoms with van der Waals surface area (Å²) in [5.74, 6) is 2.61. The minimum atomic E-state index is -0.403. The van der Waals surface area contributed by atoms with E-state index in [1.807, 2.05) is 31.6 Å². The SMILES string of the molecule is Cn1ccnc1C1CNCCN1Cc1ccc(-c2ccc([N+](=O)[O-])cc2)o1. The van der Waals surface area contributed by atoms with Gasteiger partial charge in [-0.25, -0.2) is 4.98 Å². The third kappa shape index (κ3) is 3.62. The molecule has 140 valence electrons. The molecule has 2 aromatic heterocycles. The van der Waals surface area contributed by atoms with Gasteiger partial charge in [-0.2, -0.15) is 0 Å². The zero-order chi connectivity index (χ0) is 18.8. The lowest BCUT2D eigenvalue weighted by Gasteiger charge is -2.35. The van der Waals surface area contributed by atoms with E-state index in [0.717, 1.165) is 36.8 Å². The summed E-state index contributed by atoms with van der Waals surface area (Å²) in [6, 6.07) is 10.5. The largest absolute Gasteiger partial charge is 0.460 e. The number of piperazine rings is 1. The summed E-state index contributed by atoms with van der Waals surface area (Å²) in [4.78, 5) is 17.2. The van der Waals surface area contributed by atoms with Gasteiger partial charge < -0.3 is 14.3 Å². The van der Waals surface area contributed by atoms with Crippen LogP contribution in [-0.2, 0) is 13.6 Å². The standard InChI is InChI=1S/C19H21N5O3/c1-22-10-9-21-19(22)17-12-20-8-11-23(17)13-16-6-7-18(27-16)14-2-4-15(5-3-14)24(25)26/h2-7,9-10,17,20H,8,11-13H2,1H3. The van der Waals surface area contributed by atoms with Gasteiger partial charge in [0.25, 0.3) is 5.69 Å². The maximum atomic E-state index is 10.8. The van der Waals surface area contributed by atoms with Crippen LogP contribution < -0.4 is 5.32 Å². The van der Waals surface area contributed by atoms with E-state index in [1.54, 1.807) is 12.1 Å². The second kappa shape index (κ2) is 7.34. The molecule has 1 N–H and O–H groups in total. The van der Waals surface area contributed by atoms with Crippen LogP contribution in [0.4, 0.5) is 5.69 Å². The maximum Gasteiger partial charge on any atom is 0.269 e. The first-order chi connectivity index (χ1) is 13.1. The van der Waals surface area contributed by atoms with Gasteiger partial charge in [0, 0.05) is 56.8 Å². The third-order valence-corrected chi connectivity index (χ3v) is 4.89. The van der Waals surface area contributed by atoms with Crippen molar-refractivity contribution >= 4 is 5.69 Å². The smallest absolute Gasteiger partial charge is 0.269 e. The number of non-ortho nitro benzene ring substituents is 1. The highest BCUT2D eigenvalue weighted by molar-refractivity contribution is 5.59. The van der Waals surface area contributed by atoms with E-state index < -0.39 is 4.92 Å². The molecule has 1 saturated heterocycles. The van der Waals surface area contributed by atoms with Gasteiger partial charge in [-0.3, -0.25) is 15.0 Å². The van der Waals surface area contributed by atoms with Crippen LogP contribution in [0.15, 0.2) is 53.2 Å². The van der Waals surface area contributed by atoms with Crippen LogP contribution in [0.1, 0.15) is 17.6 Å². The average Bonchev–Trinajstić information content (AvgIpc) is 3.31. The number of nitrogens with zero attached hydrogens (tertiary/aromatic N) is 4. The summed E-state index contributed by atoms with van der Waals surface area (Å²) in [6.45, 7) is 3.37. The van der Waals surface area contributed by atoms with Crippen molar-refractivity contribution in [3.8, 4) is 11.3 Å². The van der Waals surface area contributed by atoms with E-state index in [9.17, 15) is 10.1 Å². The molecule has 1 fully saturated rings. The molecule has 3 heterocycles. The molecule has 1 unspecified atom stereocenters. The van der Waals surface area contributed by atoms with Gasteiger partial charge in [-0.1, -0.05) is 0 Å². The summed E-state index contributed by atoms with van der Waals surface area (Å²) in [5, 5.41) is 14.2. The molecule has 0 amide bonds. The third-order valence-electron chi connectivity index (χ3n) is 4.89. The number of furan rings is 1.